The molecule has 2 aromatic carbocycles. The molecule has 0 aliphatic heterocycles. The van der Waals surface area contributed by atoms with Crippen LogP contribution >= 0.6 is 11.3 Å². The van der Waals surface area contributed by atoms with E-state index in [1.165, 1.54) is 23.5 Å². The van der Waals surface area contributed by atoms with E-state index in [0.29, 0.717) is 0 Å². The lowest BCUT2D eigenvalue weighted by molar-refractivity contribution is -0.137. The Labute approximate surface area is 158 Å². The SMILES string of the molecule is O=C(COc1cccc(C(F)(F)F)c1)NC(c1ccccc1)c1cccs1. The van der Waals surface area contributed by atoms with Crippen LogP contribution in [0.1, 0.15) is 22.0 Å². The van der Waals surface area contributed by atoms with Gasteiger partial charge >= 0.3 is 6.18 Å². The van der Waals surface area contributed by atoms with Gasteiger partial charge in [-0.25, -0.2) is 0 Å². The number of ether oxygens (including phenoxy) is 1. The molecule has 3 aromatic rings. The van der Waals surface area contributed by atoms with Gasteiger partial charge in [0, 0.05) is 4.88 Å². The minimum Gasteiger partial charge on any atom is -0.484 e. The monoisotopic (exact) mass is 391 g/mol. The lowest BCUT2D eigenvalue weighted by atomic mass is 10.1. The number of carbonyl (C=O) groups is 1. The second-order valence-electron chi connectivity index (χ2n) is 5.74. The molecule has 1 atom stereocenters. The van der Waals surface area contributed by atoms with Crippen molar-refractivity contribution in [3.05, 3.63) is 88.1 Å². The molecule has 1 amide bonds. The van der Waals surface area contributed by atoms with Crippen LogP contribution in [0.15, 0.2) is 72.1 Å². The molecule has 0 saturated heterocycles. The van der Waals surface area contributed by atoms with E-state index in [0.717, 1.165) is 22.6 Å². The summed E-state index contributed by atoms with van der Waals surface area (Å²) < 4.78 is 43.5. The maximum atomic E-state index is 12.7. The second-order valence-corrected chi connectivity index (χ2v) is 6.72. The van der Waals surface area contributed by atoms with Crippen molar-refractivity contribution in [3.8, 4) is 5.75 Å². The number of alkyl halides is 3. The molecule has 27 heavy (non-hydrogen) atoms. The third-order valence-electron chi connectivity index (χ3n) is 3.80. The molecule has 0 radical (unpaired) electrons. The standard InChI is InChI=1S/C20H16F3NO2S/c21-20(22,23)15-8-4-9-16(12-15)26-13-18(25)24-19(17-10-5-11-27-17)14-6-2-1-3-7-14/h1-12,19H,13H2,(H,24,25). The molecule has 3 nitrogen and oxygen atoms in total. The zero-order valence-corrected chi connectivity index (χ0v) is 14.9. The Bertz CT molecular complexity index is 880. The van der Waals surface area contributed by atoms with Crippen LogP contribution in [0.2, 0.25) is 0 Å². The minimum absolute atomic E-state index is 0.00707. The molecular weight excluding hydrogens is 375 g/mol. The average molecular weight is 391 g/mol. The van der Waals surface area contributed by atoms with Crippen LogP contribution in [0.25, 0.3) is 0 Å². The van der Waals surface area contributed by atoms with E-state index in [4.69, 9.17) is 4.74 Å². The van der Waals surface area contributed by atoms with Crippen molar-refractivity contribution >= 4 is 17.2 Å². The molecule has 0 saturated carbocycles. The molecule has 0 aliphatic rings. The molecule has 7 heteroatoms. The number of benzene rings is 2. The van der Waals surface area contributed by atoms with Crippen LogP contribution in [-0.4, -0.2) is 12.5 Å². The van der Waals surface area contributed by atoms with E-state index < -0.39 is 17.6 Å². The quantitative estimate of drug-likeness (QED) is 0.639. The highest BCUT2D eigenvalue weighted by Gasteiger charge is 2.30. The van der Waals surface area contributed by atoms with Crippen LogP contribution in [0.3, 0.4) is 0 Å². The number of halogens is 3. The molecule has 1 unspecified atom stereocenters. The van der Waals surface area contributed by atoms with E-state index in [9.17, 15) is 18.0 Å². The topological polar surface area (TPSA) is 38.3 Å². The summed E-state index contributed by atoms with van der Waals surface area (Å²) in [5, 5.41) is 4.79. The fourth-order valence-electron chi connectivity index (χ4n) is 2.53. The Morgan fingerprint density at radius 1 is 1.04 bits per heavy atom. The highest BCUT2D eigenvalue weighted by molar-refractivity contribution is 7.10. The predicted molar refractivity (Wildman–Crippen MR) is 97.7 cm³/mol. The fraction of sp³-hybridized carbons (Fsp3) is 0.150. The summed E-state index contributed by atoms with van der Waals surface area (Å²) in [7, 11) is 0. The normalized spacial score (nSPS) is 12.4. The molecular formula is C20H16F3NO2S. The predicted octanol–water partition coefficient (Wildman–Crippen LogP) is 5.05. The van der Waals surface area contributed by atoms with Gasteiger partial charge in [0.25, 0.3) is 5.91 Å². The molecule has 140 valence electrons. The van der Waals surface area contributed by atoms with Crippen LogP contribution in [0, 0.1) is 0 Å². The summed E-state index contributed by atoms with van der Waals surface area (Å²) in [6.45, 7) is -0.379. The van der Waals surface area contributed by atoms with E-state index in [1.54, 1.807) is 0 Å². The van der Waals surface area contributed by atoms with Gasteiger partial charge in [0.15, 0.2) is 6.61 Å². The highest BCUT2D eigenvalue weighted by Crippen LogP contribution is 2.31. The van der Waals surface area contributed by atoms with Gasteiger partial charge in [0.1, 0.15) is 5.75 Å². The number of hydrogen-bond donors (Lipinski definition) is 1. The Kier molecular flexibility index (Phi) is 5.81. The van der Waals surface area contributed by atoms with Crippen molar-refractivity contribution in [3.63, 3.8) is 0 Å². The molecule has 0 spiro atoms. The van der Waals surface area contributed by atoms with Gasteiger partial charge in [0.05, 0.1) is 11.6 Å². The molecule has 1 aromatic heterocycles. The average Bonchev–Trinajstić information content (AvgIpc) is 3.19. The lowest BCUT2D eigenvalue weighted by Gasteiger charge is -2.18. The first-order chi connectivity index (χ1) is 12.9. The smallest absolute Gasteiger partial charge is 0.416 e. The molecule has 0 aliphatic carbocycles. The van der Waals surface area contributed by atoms with E-state index in [-0.39, 0.29) is 18.4 Å². The summed E-state index contributed by atoms with van der Waals surface area (Å²) in [5.74, 6) is -0.429. The lowest BCUT2D eigenvalue weighted by Crippen LogP contribution is -2.32. The molecule has 0 fully saturated rings. The Hall–Kier alpha value is -2.80. The second kappa shape index (κ2) is 8.26. The molecule has 0 bridgehead atoms. The largest absolute Gasteiger partial charge is 0.484 e. The van der Waals surface area contributed by atoms with E-state index >= 15 is 0 Å². The van der Waals surface area contributed by atoms with Gasteiger partial charge in [-0.1, -0.05) is 42.5 Å². The molecule has 3 rings (SSSR count). The van der Waals surface area contributed by atoms with Gasteiger partial charge < -0.3 is 10.1 Å². The number of rotatable bonds is 6. The third-order valence-corrected chi connectivity index (χ3v) is 4.73. The summed E-state index contributed by atoms with van der Waals surface area (Å²) in [6.07, 6.45) is -4.46. The minimum atomic E-state index is -4.46. The Morgan fingerprint density at radius 3 is 2.48 bits per heavy atom. The van der Waals surface area contributed by atoms with Crippen molar-refractivity contribution in [1.29, 1.82) is 0 Å². The van der Waals surface area contributed by atoms with Crippen molar-refractivity contribution in [1.82, 2.24) is 5.32 Å². The maximum absolute atomic E-state index is 12.7. The number of amides is 1. The maximum Gasteiger partial charge on any atom is 0.416 e. The van der Waals surface area contributed by atoms with Gasteiger partial charge in [-0.3, -0.25) is 4.79 Å². The highest BCUT2D eigenvalue weighted by atomic mass is 32.1. The first-order valence-electron chi connectivity index (χ1n) is 8.11. The van der Waals surface area contributed by atoms with Crippen LogP contribution in [0.4, 0.5) is 13.2 Å². The van der Waals surface area contributed by atoms with E-state index in [1.807, 2.05) is 47.8 Å². The van der Waals surface area contributed by atoms with Crippen LogP contribution in [0.5, 0.6) is 5.75 Å². The van der Waals surface area contributed by atoms with Gasteiger partial charge in [-0.2, -0.15) is 13.2 Å². The van der Waals surface area contributed by atoms with Crippen molar-refractivity contribution in [2.24, 2.45) is 0 Å². The molecule has 1 heterocycles. The number of thiophene rings is 1. The summed E-state index contributed by atoms with van der Waals surface area (Å²) in [4.78, 5) is 13.3. The first-order valence-corrected chi connectivity index (χ1v) is 8.99. The Balaban J connectivity index is 1.67. The summed E-state index contributed by atoms with van der Waals surface area (Å²) in [6, 6.07) is 17.4. The zero-order valence-electron chi connectivity index (χ0n) is 14.1. The van der Waals surface area contributed by atoms with Crippen LogP contribution in [-0.2, 0) is 11.0 Å². The molecule has 1 N–H and O–H groups in total. The van der Waals surface area contributed by atoms with Gasteiger partial charge in [-0.05, 0) is 35.2 Å². The number of carbonyl (C=O) groups excluding carboxylic acids is 1. The Morgan fingerprint density at radius 2 is 1.81 bits per heavy atom. The van der Waals surface area contributed by atoms with E-state index in [2.05, 4.69) is 5.32 Å². The van der Waals surface area contributed by atoms with Crippen LogP contribution < -0.4 is 10.1 Å². The number of hydrogen-bond acceptors (Lipinski definition) is 3. The number of nitrogens with one attached hydrogen (secondary N) is 1. The van der Waals surface area contributed by atoms with Crippen molar-refractivity contribution < 1.29 is 22.7 Å². The van der Waals surface area contributed by atoms with Gasteiger partial charge in [0.2, 0.25) is 0 Å². The third kappa shape index (κ3) is 5.10. The first kappa shape index (κ1) is 19.0. The summed E-state index contributed by atoms with van der Waals surface area (Å²) >= 11 is 1.51. The zero-order chi connectivity index (χ0) is 19.3. The van der Waals surface area contributed by atoms with Gasteiger partial charge in [-0.15, -0.1) is 11.3 Å². The summed E-state index contributed by atoms with van der Waals surface area (Å²) in [5.41, 5.74) is 0.0912. The van der Waals surface area contributed by atoms with Crippen molar-refractivity contribution in [2.45, 2.75) is 12.2 Å². The fourth-order valence-corrected chi connectivity index (χ4v) is 3.34. The van der Waals surface area contributed by atoms with Crippen molar-refractivity contribution in [2.75, 3.05) is 6.61 Å².